The van der Waals surface area contributed by atoms with Crippen molar-refractivity contribution in [3.8, 4) is 0 Å². The Morgan fingerprint density at radius 1 is 1.39 bits per heavy atom. The van der Waals surface area contributed by atoms with Crippen LogP contribution in [0.15, 0.2) is 0 Å². The van der Waals surface area contributed by atoms with Crippen LogP contribution < -0.4 is 5.32 Å². The summed E-state index contributed by atoms with van der Waals surface area (Å²) >= 11 is 0. The van der Waals surface area contributed by atoms with Crippen LogP contribution in [0, 0.1) is 5.92 Å². The molecule has 2 atom stereocenters. The van der Waals surface area contributed by atoms with Crippen molar-refractivity contribution in [2.45, 2.75) is 37.8 Å². The van der Waals surface area contributed by atoms with Gasteiger partial charge in [0.15, 0.2) is 0 Å². The highest BCUT2D eigenvalue weighted by atomic mass is 16.3. The van der Waals surface area contributed by atoms with E-state index in [0.717, 1.165) is 32.0 Å². The zero-order valence-electron chi connectivity index (χ0n) is 12.2. The standard InChI is InChI=1S/C14H29N3O/c1-14(18)6-7-15-10-13(14)17(3)11-12-4-8-16(2)9-5-12/h12-13,15,18H,4-11H2,1-3H3. The molecule has 2 aliphatic rings. The van der Waals surface area contributed by atoms with Gasteiger partial charge >= 0.3 is 0 Å². The number of nitrogens with zero attached hydrogens (tertiary/aromatic N) is 2. The molecule has 0 amide bonds. The first kappa shape index (κ1) is 14.3. The summed E-state index contributed by atoms with van der Waals surface area (Å²) in [5.41, 5.74) is -0.536. The summed E-state index contributed by atoms with van der Waals surface area (Å²) in [6.45, 7) is 7.40. The number of hydrogen-bond acceptors (Lipinski definition) is 4. The van der Waals surface area contributed by atoms with Gasteiger partial charge in [0.25, 0.3) is 0 Å². The molecular weight excluding hydrogens is 226 g/mol. The van der Waals surface area contributed by atoms with E-state index in [1.807, 2.05) is 6.92 Å². The zero-order valence-corrected chi connectivity index (χ0v) is 12.2. The Labute approximate surface area is 111 Å². The van der Waals surface area contributed by atoms with Crippen molar-refractivity contribution in [3.63, 3.8) is 0 Å². The maximum atomic E-state index is 10.5. The molecule has 2 aliphatic heterocycles. The van der Waals surface area contributed by atoms with Gasteiger partial charge in [0, 0.05) is 13.1 Å². The van der Waals surface area contributed by atoms with E-state index in [9.17, 15) is 5.11 Å². The van der Waals surface area contributed by atoms with Crippen LogP contribution in [0.3, 0.4) is 0 Å². The van der Waals surface area contributed by atoms with E-state index in [1.165, 1.54) is 25.9 Å². The molecule has 2 rings (SSSR count). The Kier molecular flexibility index (Phi) is 4.64. The maximum Gasteiger partial charge on any atom is 0.0798 e. The predicted molar refractivity (Wildman–Crippen MR) is 74.7 cm³/mol. The second kappa shape index (κ2) is 5.87. The fourth-order valence-electron chi connectivity index (χ4n) is 3.38. The van der Waals surface area contributed by atoms with Crippen LogP contribution in [0.5, 0.6) is 0 Å². The van der Waals surface area contributed by atoms with Crippen molar-refractivity contribution < 1.29 is 5.11 Å². The normalized spacial score (nSPS) is 36.2. The van der Waals surface area contributed by atoms with Gasteiger partial charge in [-0.1, -0.05) is 0 Å². The summed E-state index contributed by atoms with van der Waals surface area (Å²) < 4.78 is 0. The first-order valence-electron chi connectivity index (χ1n) is 7.31. The molecule has 0 aliphatic carbocycles. The van der Waals surface area contributed by atoms with E-state index in [0.29, 0.717) is 0 Å². The Morgan fingerprint density at radius 2 is 2.06 bits per heavy atom. The molecule has 2 fully saturated rings. The van der Waals surface area contributed by atoms with Gasteiger partial charge in [-0.25, -0.2) is 0 Å². The largest absolute Gasteiger partial charge is 0.388 e. The highest BCUT2D eigenvalue weighted by Crippen LogP contribution is 2.24. The van der Waals surface area contributed by atoms with Crippen LogP contribution in [0.1, 0.15) is 26.2 Å². The predicted octanol–water partition coefficient (Wildman–Crippen LogP) is 0.373. The zero-order chi connectivity index (χ0) is 13.2. The molecule has 2 saturated heterocycles. The molecule has 0 aromatic heterocycles. The number of likely N-dealkylation sites (tertiary alicyclic amines) is 1. The fourth-order valence-corrected chi connectivity index (χ4v) is 3.38. The van der Waals surface area contributed by atoms with E-state index >= 15 is 0 Å². The highest BCUT2D eigenvalue weighted by molar-refractivity contribution is 4.94. The molecule has 2 heterocycles. The Morgan fingerprint density at radius 3 is 2.67 bits per heavy atom. The molecule has 2 N–H and O–H groups in total. The minimum absolute atomic E-state index is 0.255. The quantitative estimate of drug-likeness (QED) is 0.764. The maximum absolute atomic E-state index is 10.5. The SMILES string of the molecule is CN1CCC(CN(C)C2CNCCC2(C)O)CC1. The van der Waals surface area contributed by atoms with Crippen LogP contribution in [-0.4, -0.2) is 73.4 Å². The lowest BCUT2D eigenvalue weighted by Gasteiger charge is -2.44. The second-order valence-electron chi connectivity index (χ2n) is 6.51. The first-order chi connectivity index (χ1) is 8.49. The fraction of sp³-hybridized carbons (Fsp3) is 1.00. The molecule has 0 saturated carbocycles. The number of likely N-dealkylation sites (N-methyl/N-ethyl adjacent to an activating group) is 1. The van der Waals surface area contributed by atoms with Crippen molar-refractivity contribution >= 4 is 0 Å². The van der Waals surface area contributed by atoms with E-state index in [4.69, 9.17) is 0 Å². The lowest BCUT2D eigenvalue weighted by Crippen LogP contribution is -2.60. The van der Waals surface area contributed by atoms with Crippen molar-refractivity contribution in [2.24, 2.45) is 5.92 Å². The Bertz CT molecular complexity index is 262. The molecule has 0 aromatic carbocycles. The summed E-state index contributed by atoms with van der Waals surface area (Å²) in [5, 5.41) is 13.9. The van der Waals surface area contributed by atoms with Crippen LogP contribution in [0.4, 0.5) is 0 Å². The molecule has 18 heavy (non-hydrogen) atoms. The minimum atomic E-state index is -0.536. The lowest BCUT2D eigenvalue weighted by molar-refractivity contribution is -0.0502. The van der Waals surface area contributed by atoms with Gasteiger partial charge in [-0.3, -0.25) is 4.90 Å². The van der Waals surface area contributed by atoms with Crippen LogP contribution >= 0.6 is 0 Å². The highest BCUT2D eigenvalue weighted by Gasteiger charge is 2.37. The molecule has 4 heteroatoms. The Hall–Kier alpha value is -0.160. The van der Waals surface area contributed by atoms with E-state index < -0.39 is 5.60 Å². The summed E-state index contributed by atoms with van der Waals surface area (Å²) in [6.07, 6.45) is 3.45. The molecule has 106 valence electrons. The van der Waals surface area contributed by atoms with Gasteiger partial charge in [-0.2, -0.15) is 0 Å². The number of hydrogen-bond donors (Lipinski definition) is 2. The average molecular weight is 255 g/mol. The van der Waals surface area contributed by atoms with Crippen LogP contribution in [0.2, 0.25) is 0 Å². The third-order valence-corrected chi connectivity index (χ3v) is 4.78. The van der Waals surface area contributed by atoms with Crippen LogP contribution in [-0.2, 0) is 0 Å². The summed E-state index contributed by atoms with van der Waals surface area (Å²) in [4.78, 5) is 4.79. The molecular formula is C14H29N3O. The third-order valence-electron chi connectivity index (χ3n) is 4.78. The van der Waals surface area contributed by atoms with E-state index in [-0.39, 0.29) is 6.04 Å². The monoisotopic (exact) mass is 255 g/mol. The topological polar surface area (TPSA) is 38.7 Å². The minimum Gasteiger partial charge on any atom is -0.388 e. The van der Waals surface area contributed by atoms with Crippen molar-refractivity contribution in [1.29, 1.82) is 0 Å². The summed E-state index contributed by atoms with van der Waals surface area (Å²) in [6, 6.07) is 0.255. The van der Waals surface area contributed by atoms with Gasteiger partial charge in [-0.05, 0) is 65.8 Å². The molecule has 0 spiro atoms. The lowest BCUT2D eigenvalue weighted by atomic mass is 9.87. The van der Waals surface area contributed by atoms with Crippen molar-refractivity contribution in [3.05, 3.63) is 0 Å². The summed E-state index contributed by atoms with van der Waals surface area (Å²) in [7, 11) is 4.38. The van der Waals surface area contributed by atoms with Gasteiger partial charge < -0.3 is 15.3 Å². The molecule has 4 nitrogen and oxygen atoms in total. The molecule has 0 bridgehead atoms. The van der Waals surface area contributed by atoms with Gasteiger partial charge in [-0.15, -0.1) is 0 Å². The van der Waals surface area contributed by atoms with Crippen LogP contribution in [0.25, 0.3) is 0 Å². The van der Waals surface area contributed by atoms with E-state index in [1.54, 1.807) is 0 Å². The smallest absolute Gasteiger partial charge is 0.0798 e. The van der Waals surface area contributed by atoms with Crippen molar-refractivity contribution in [1.82, 2.24) is 15.1 Å². The van der Waals surface area contributed by atoms with Gasteiger partial charge in [0.1, 0.15) is 0 Å². The number of aliphatic hydroxyl groups is 1. The Balaban J connectivity index is 1.85. The average Bonchev–Trinajstić information content (AvgIpc) is 2.31. The molecule has 0 aromatic rings. The van der Waals surface area contributed by atoms with Crippen molar-refractivity contribution in [2.75, 3.05) is 46.8 Å². The number of rotatable bonds is 3. The third kappa shape index (κ3) is 3.44. The molecule has 2 unspecified atom stereocenters. The number of nitrogens with one attached hydrogen (secondary N) is 1. The molecule has 0 radical (unpaired) electrons. The second-order valence-corrected chi connectivity index (χ2v) is 6.51. The summed E-state index contributed by atoms with van der Waals surface area (Å²) in [5.74, 6) is 0.795. The van der Waals surface area contributed by atoms with Gasteiger partial charge in [0.05, 0.1) is 11.6 Å². The number of piperidine rings is 2. The van der Waals surface area contributed by atoms with E-state index in [2.05, 4.69) is 29.2 Å². The first-order valence-corrected chi connectivity index (χ1v) is 7.31. The van der Waals surface area contributed by atoms with Gasteiger partial charge in [0.2, 0.25) is 0 Å².